The number of nitrogens with zero attached hydrogens (tertiary/aromatic N) is 2. The standard InChI is InChI=1S/2C16H12N2O2/c2*1-8-5-6-9(2)13-11(8)15(19)12-10-4-3-7-18(10)16(20)14(12)17-13/h2*3-7H,1-2H3,(H,17,19). The van der Waals surface area contributed by atoms with Gasteiger partial charge in [0.2, 0.25) is 0 Å². The van der Waals surface area contributed by atoms with Crippen LogP contribution >= 0.6 is 0 Å². The van der Waals surface area contributed by atoms with E-state index in [1.807, 2.05) is 52.0 Å². The third-order valence-corrected chi connectivity index (χ3v) is 8.03. The number of carbonyl (C=O) groups excluding carboxylic acids is 2. The molecule has 2 aliphatic rings. The molecular formula is C32H24N4O4. The Hall–Kier alpha value is -5.24. The second kappa shape index (κ2) is 8.13. The van der Waals surface area contributed by atoms with Crippen LogP contribution in [-0.2, 0) is 0 Å². The molecular weight excluding hydrogens is 504 g/mol. The SMILES string of the molecule is Cc1ccc(C)c2c(=O)c3c([nH]c12)C(=O)n1cccc1-3.Cc1ccc(C)c2c(=O)c3c([nH]c12)C(=O)n1cccc1-3. The van der Waals surface area contributed by atoms with E-state index in [0.29, 0.717) is 44.7 Å². The van der Waals surface area contributed by atoms with E-state index >= 15 is 0 Å². The van der Waals surface area contributed by atoms with E-state index in [9.17, 15) is 19.2 Å². The Bertz CT molecular complexity index is 2080. The molecule has 0 spiro atoms. The number of benzene rings is 2. The van der Waals surface area contributed by atoms with E-state index in [-0.39, 0.29) is 22.7 Å². The number of nitrogens with one attached hydrogen (secondary N) is 2. The summed E-state index contributed by atoms with van der Waals surface area (Å²) in [6.07, 6.45) is 3.38. The van der Waals surface area contributed by atoms with E-state index in [1.165, 1.54) is 9.13 Å². The fourth-order valence-electron chi connectivity index (χ4n) is 5.96. The van der Waals surface area contributed by atoms with Crippen molar-refractivity contribution in [3.63, 3.8) is 0 Å². The molecule has 0 radical (unpaired) electrons. The van der Waals surface area contributed by atoms with Gasteiger partial charge in [-0.25, -0.2) is 0 Å². The zero-order valence-electron chi connectivity index (χ0n) is 22.3. The summed E-state index contributed by atoms with van der Waals surface area (Å²) in [6.45, 7) is 7.70. The molecule has 0 saturated carbocycles. The van der Waals surface area contributed by atoms with Gasteiger partial charge >= 0.3 is 0 Å². The molecule has 6 heterocycles. The van der Waals surface area contributed by atoms with Crippen molar-refractivity contribution in [2.24, 2.45) is 0 Å². The Morgan fingerprint density at radius 2 is 0.900 bits per heavy atom. The number of rotatable bonds is 0. The summed E-state index contributed by atoms with van der Waals surface area (Å²) in [7, 11) is 0. The molecule has 4 aromatic heterocycles. The van der Waals surface area contributed by atoms with E-state index in [2.05, 4.69) is 9.97 Å². The van der Waals surface area contributed by atoms with Gasteiger partial charge in [-0.15, -0.1) is 0 Å². The van der Waals surface area contributed by atoms with Crippen molar-refractivity contribution in [1.82, 2.24) is 19.1 Å². The highest BCUT2D eigenvalue weighted by Gasteiger charge is 2.31. The molecule has 8 heteroatoms. The Kier molecular flexibility index (Phi) is 4.85. The van der Waals surface area contributed by atoms with Gasteiger partial charge in [-0.05, 0) is 74.2 Å². The van der Waals surface area contributed by atoms with Gasteiger partial charge in [0.1, 0.15) is 11.4 Å². The quantitative estimate of drug-likeness (QED) is 0.281. The topological polar surface area (TPSA) is 110 Å². The minimum Gasteiger partial charge on any atom is -0.350 e. The number of carbonyl (C=O) groups is 2. The maximum atomic E-state index is 12.8. The van der Waals surface area contributed by atoms with Crippen LogP contribution in [0.25, 0.3) is 44.3 Å². The van der Waals surface area contributed by atoms with Gasteiger partial charge in [0, 0.05) is 23.2 Å². The maximum absolute atomic E-state index is 12.8. The number of H-pyrrole nitrogens is 2. The van der Waals surface area contributed by atoms with Crippen molar-refractivity contribution in [2.75, 3.05) is 0 Å². The van der Waals surface area contributed by atoms with E-state index in [0.717, 1.165) is 33.3 Å². The number of pyridine rings is 2. The first-order chi connectivity index (χ1) is 19.2. The third kappa shape index (κ3) is 3.01. The minimum atomic E-state index is -0.167. The van der Waals surface area contributed by atoms with Crippen LogP contribution in [0.15, 0.2) is 70.5 Å². The Balaban J connectivity index is 0.000000132. The summed E-state index contributed by atoms with van der Waals surface area (Å²) in [4.78, 5) is 56.6. The summed E-state index contributed by atoms with van der Waals surface area (Å²) in [5.74, 6) is -0.334. The number of aryl methyl sites for hydroxylation is 4. The second-order valence-corrected chi connectivity index (χ2v) is 10.4. The number of hydrogen-bond acceptors (Lipinski definition) is 4. The van der Waals surface area contributed by atoms with Crippen molar-refractivity contribution >= 4 is 33.6 Å². The molecule has 0 bridgehead atoms. The summed E-state index contributed by atoms with van der Waals surface area (Å²) in [6, 6.07) is 15.0. The second-order valence-electron chi connectivity index (χ2n) is 10.4. The summed E-state index contributed by atoms with van der Waals surface area (Å²) >= 11 is 0. The Morgan fingerprint density at radius 3 is 1.30 bits per heavy atom. The van der Waals surface area contributed by atoms with Gasteiger partial charge in [0.15, 0.2) is 10.9 Å². The average Bonchev–Trinajstić information content (AvgIpc) is 3.70. The van der Waals surface area contributed by atoms with E-state index < -0.39 is 0 Å². The molecule has 0 saturated heterocycles. The number of aromatic amines is 2. The Morgan fingerprint density at radius 1 is 0.525 bits per heavy atom. The predicted molar refractivity (Wildman–Crippen MR) is 154 cm³/mol. The zero-order chi connectivity index (χ0) is 28.0. The normalized spacial score (nSPS) is 12.8. The highest BCUT2D eigenvalue weighted by atomic mass is 16.2. The van der Waals surface area contributed by atoms with Crippen LogP contribution in [0.3, 0.4) is 0 Å². The summed E-state index contributed by atoms with van der Waals surface area (Å²) in [5, 5.41) is 1.34. The number of hydrogen-bond donors (Lipinski definition) is 2. The first kappa shape index (κ1) is 23.8. The van der Waals surface area contributed by atoms with Gasteiger partial charge in [0.25, 0.3) is 11.8 Å². The molecule has 0 unspecified atom stereocenters. The van der Waals surface area contributed by atoms with Crippen molar-refractivity contribution in [3.8, 4) is 22.5 Å². The van der Waals surface area contributed by atoms with Gasteiger partial charge in [-0.2, -0.15) is 0 Å². The lowest BCUT2D eigenvalue weighted by molar-refractivity contribution is 0.0957. The van der Waals surface area contributed by atoms with Crippen LogP contribution < -0.4 is 10.9 Å². The van der Waals surface area contributed by atoms with Gasteiger partial charge in [-0.3, -0.25) is 28.3 Å². The highest BCUT2D eigenvalue weighted by Crippen LogP contribution is 2.32. The van der Waals surface area contributed by atoms with Crippen molar-refractivity contribution in [1.29, 1.82) is 0 Å². The zero-order valence-corrected chi connectivity index (χ0v) is 22.3. The summed E-state index contributed by atoms with van der Waals surface area (Å²) < 4.78 is 3.04. The van der Waals surface area contributed by atoms with E-state index in [4.69, 9.17) is 0 Å². The van der Waals surface area contributed by atoms with Crippen LogP contribution in [0.4, 0.5) is 0 Å². The van der Waals surface area contributed by atoms with Gasteiger partial charge in [0.05, 0.1) is 33.5 Å². The van der Waals surface area contributed by atoms with Crippen LogP contribution in [0.2, 0.25) is 0 Å². The van der Waals surface area contributed by atoms with Crippen molar-refractivity contribution in [2.45, 2.75) is 27.7 Å². The predicted octanol–water partition coefficient (Wildman–Crippen LogP) is 5.23. The smallest absolute Gasteiger partial charge is 0.279 e. The molecule has 0 amide bonds. The molecule has 6 aromatic rings. The fourth-order valence-corrected chi connectivity index (χ4v) is 5.96. The van der Waals surface area contributed by atoms with Crippen LogP contribution in [0.1, 0.15) is 43.2 Å². The first-order valence-corrected chi connectivity index (χ1v) is 13.0. The highest BCUT2D eigenvalue weighted by molar-refractivity contribution is 6.11. The molecule has 8 rings (SSSR count). The van der Waals surface area contributed by atoms with Crippen LogP contribution in [0.5, 0.6) is 0 Å². The number of aromatic nitrogens is 4. The maximum Gasteiger partial charge on any atom is 0.279 e. The van der Waals surface area contributed by atoms with E-state index in [1.54, 1.807) is 36.7 Å². The van der Waals surface area contributed by atoms with Gasteiger partial charge in [-0.1, -0.05) is 24.3 Å². The third-order valence-electron chi connectivity index (χ3n) is 8.03. The monoisotopic (exact) mass is 528 g/mol. The van der Waals surface area contributed by atoms with Gasteiger partial charge < -0.3 is 9.97 Å². The van der Waals surface area contributed by atoms with Crippen LogP contribution in [0, 0.1) is 27.7 Å². The molecule has 0 fully saturated rings. The molecule has 2 aromatic carbocycles. The molecule has 2 aliphatic heterocycles. The largest absolute Gasteiger partial charge is 0.350 e. The molecule has 40 heavy (non-hydrogen) atoms. The van der Waals surface area contributed by atoms with Crippen molar-refractivity contribution in [3.05, 3.63) is 115 Å². The lowest BCUT2D eigenvalue weighted by Crippen LogP contribution is -2.12. The van der Waals surface area contributed by atoms with Crippen molar-refractivity contribution < 1.29 is 9.59 Å². The Labute approximate surface area is 227 Å². The first-order valence-electron chi connectivity index (χ1n) is 13.0. The van der Waals surface area contributed by atoms with Crippen LogP contribution in [-0.4, -0.2) is 30.9 Å². The summed E-state index contributed by atoms with van der Waals surface area (Å²) in [5.41, 5.74) is 8.27. The molecule has 0 aliphatic carbocycles. The lowest BCUT2D eigenvalue weighted by Gasteiger charge is -2.07. The molecule has 196 valence electrons. The average molecular weight is 529 g/mol. The minimum absolute atomic E-state index is 0.0687. The number of fused-ring (bicyclic) bond motifs is 8. The lowest BCUT2D eigenvalue weighted by atomic mass is 10.0. The molecule has 2 N–H and O–H groups in total. The molecule has 8 nitrogen and oxygen atoms in total. The molecule has 0 atom stereocenters. The fraction of sp³-hybridized carbons (Fsp3) is 0.125.